The molecule has 0 spiro atoms. The average molecular weight is 228 g/mol. The van der Waals surface area contributed by atoms with Crippen LogP contribution in [0.25, 0.3) is 0 Å². The monoisotopic (exact) mass is 228 g/mol. The number of aliphatic hydroxyl groups excluding tert-OH is 1. The van der Waals surface area contributed by atoms with Gasteiger partial charge in [-0.2, -0.15) is 0 Å². The largest absolute Gasteiger partial charge is 0.390 e. The van der Waals surface area contributed by atoms with E-state index in [4.69, 9.17) is 0 Å². The molecule has 2 N–H and O–H groups in total. The second kappa shape index (κ2) is 8.04. The van der Waals surface area contributed by atoms with Crippen LogP contribution in [0.15, 0.2) is 0 Å². The number of nitrogens with zero attached hydrogens (tertiary/aromatic N) is 1. The zero-order valence-corrected chi connectivity index (χ0v) is 10.9. The third-order valence-electron chi connectivity index (χ3n) is 3.47. The summed E-state index contributed by atoms with van der Waals surface area (Å²) in [5.74, 6) is 0. The van der Waals surface area contributed by atoms with E-state index in [9.17, 15) is 5.11 Å². The van der Waals surface area contributed by atoms with Crippen LogP contribution in [0.2, 0.25) is 0 Å². The summed E-state index contributed by atoms with van der Waals surface area (Å²) >= 11 is 0. The number of hydrogen-bond acceptors (Lipinski definition) is 3. The van der Waals surface area contributed by atoms with Crippen LogP contribution in [-0.2, 0) is 0 Å². The summed E-state index contributed by atoms with van der Waals surface area (Å²) in [7, 11) is 0. The van der Waals surface area contributed by atoms with Gasteiger partial charge in [0.25, 0.3) is 0 Å². The van der Waals surface area contributed by atoms with Crippen molar-refractivity contribution in [3.63, 3.8) is 0 Å². The fourth-order valence-electron chi connectivity index (χ4n) is 2.54. The van der Waals surface area contributed by atoms with Gasteiger partial charge in [0.05, 0.1) is 6.10 Å². The van der Waals surface area contributed by atoms with Crippen molar-refractivity contribution >= 4 is 0 Å². The summed E-state index contributed by atoms with van der Waals surface area (Å²) in [5.41, 5.74) is 0. The summed E-state index contributed by atoms with van der Waals surface area (Å²) in [6, 6.07) is 0.703. The molecule has 1 aliphatic rings. The maximum atomic E-state index is 9.94. The number of nitrogens with one attached hydrogen (secondary N) is 1. The fraction of sp³-hybridized carbons (Fsp3) is 1.00. The number of aliphatic hydroxyl groups is 1. The lowest BCUT2D eigenvalue weighted by molar-refractivity contribution is 0.0658. The highest BCUT2D eigenvalue weighted by atomic mass is 16.3. The lowest BCUT2D eigenvalue weighted by Gasteiger charge is -2.36. The van der Waals surface area contributed by atoms with Crippen LogP contribution in [0.5, 0.6) is 0 Å². The van der Waals surface area contributed by atoms with Gasteiger partial charge >= 0.3 is 0 Å². The van der Waals surface area contributed by atoms with Crippen molar-refractivity contribution in [2.24, 2.45) is 0 Å². The zero-order chi connectivity index (χ0) is 11.8. The maximum Gasteiger partial charge on any atom is 0.0791 e. The lowest BCUT2D eigenvalue weighted by Crippen LogP contribution is -2.45. The Kier molecular flexibility index (Phi) is 7.01. The molecular weight excluding hydrogens is 200 g/mol. The van der Waals surface area contributed by atoms with Crippen molar-refractivity contribution < 1.29 is 5.11 Å². The van der Waals surface area contributed by atoms with E-state index < -0.39 is 0 Å². The van der Waals surface area contributed by atoms with Gasteiger partial charge in [-0.3, -0.25) is 4.90 Å². The van der Waals surface area contributed by atoms with Crippen LogP contribution in [-0.4, -0.2) is 48.3 Å². The number of hydrogen-bond donors (Lipinski definition) is 2. The first-order valence-electron chi connectivity index (χ1n) is 6.90. The van der Waals surface area contributed by atoms with Crippen molar-refractivity contribution in [3.05, 3.63) is 0 Å². The molecule has 3 nitrogen and oxygen atoms in total. The highest BCUT2D eigenvalue weighted by Gasteiger charge is 2.22. The maximum absolute atomic E-state index is 9.94. The molecule has 1 fully saturated rings. The minimum Gasteiger partial charge on any atom is -0.390 e. The van der Waals surface area contributed by atoms with Crippen LogP contribution in [0.3, 0.4) is 0 Å². The van der Waals surface area contributed by atoms with Gasteiger partial charge in [-0.05, 0) is 38.8 Å². The van der Waals surface area contributed by atoms with Crippen molar-refractivity contribution in [1.29, 1.82) is 0 Å². The summed E-state index contributed by atoms with van der Waals surface area (Å²) in [6.45, 7) is 8.16. The van der Waals surface area contributed by atoms with Gasteiger partial charge in [0, 0.05) is 19.1 Å². The van der Waals surface area contributed by atoms with Crippen molar-refractivity contribution in [3.8, 4) is 0 Å². The summed E-state index contributed by atoms with van der Waals surface area (Å²) in [6.07, 6.45) is 6.11. The minimum absolute atomic E-state index is 0.210. The van der Waals surface area contributed by atoms with Gasteiger partial charge in [0.1, 0.15) is 0 Å². The molecule has 0 aromatic rings. The molecule has 1 rings (SSSR count). The predicted octanol–water partition coefficient (Wildman–Crippen LogP) is 1.61. The van der Waals surface area contributed by atoms with Crippen LogP contribution in [0.1, 0.15) is 46.0 Å². The highest BCUT2D eigenvalue weighted by molar-refractivity contribution is 4.78. The molecule has 1 heterocycles. The molecule has 0 aliphatic carbocycles. The van der Waals surface area contributed by atoms with Gasteiger partial charge in [-0.15, -0.1) is 0 Å². The van der Waals surface area contributed by atoms with E-state index in [0.29, 0.717) is 6.04 Å². The Morgan fingerprint density at radius 3 is 2.88 bits per heavy atom. The standard InChI is InChI=1S/C13H28N2O/c1-3-8-14-10-13(16)11-15-9-6-5-7-12(15)4-2/h12-14,16H,3-11H2,1-2H3. The quantitative estimate of drug-likeness (QED) is 0.650. The molecule has 2 unspecified atom stereocenters. The third kappa shape index (κ3) is 4.81. The number of β-amino-alcohol motifs (C(OH)–C–C–N with tert-alkyl or cyclic N) is 1. The Bertz CT molecular complexity index is 175. The molecule has 1 aliphatic heterocycles. The molecule has 0 bridgehead atoms. The van der Waals surface area contributed by atoms with E-state index in [2.05, 4.69) is 24.1 Å². The molecule has 1 saturated heterocycles. The van der Waals surface area contributed by atoms with Crippen LogP contribution >= 0.6 is 0 Å². The smallest absolute Gasteiger partial charge is 0.0791 e. The molecule has 0 aromatic heterocycles. The Labute approximate surface area is 100 Å². The molecule has 96 valence electrons. The molecule has 0 amide bonds. The molecule has 0 saturated carbocycles. The van der Waals surface area contributed by atoms with E-state index in [1.165, 1.54) is 32.2 Å². The van der Waals surface area contributed by atoms with E-state index >= 15 is 0 Å². The zero-order valence-electron chi connectivity index (χ0n) is 10.9. The third-order valence-corrected chi connectivity index (χ3v) is 3.47. The topological polar surface area (TPSA) is 35.5 Å². The first-order valence-corrected chi connectivity index (χ1v) is 6.90. The summed E-state index contributed by atoms with van der Waals surface area (Å²) in [5, 5.41) is 13.2. The fourth-order valence-corrected chi connectivity index (χ4v) is 2.54. The summed E-state index contributed by atoms with van der Waals surface area (Å²) < 4.78 is 0. The highest BCUT2D eigenvalue weighted by Crippen LogP contribution is 2.19. The first-order chi connectivity index (χ1) is 7.77. The van der Waals surface area contributed by atoms with Gasteiger partial charge in [-0.1, -0.05) is 20.3 Å². The Balaban J connectivity index is 2.22. The van der Waals surface area contributed by atoms with Crippen molar-refractivity contribution in [2.45, 2.75) is 58.1 Å². The second-order valence-corrected chi connectivity index (χ2v) is 4.91. The van der Waals surface area contributed by atoms with Crippen LogP contribution in [0, 0.1) is 0 Å². The molecule has 16 heavy (non-hydrogen) atoms. The van der Waals surface area contributed by atoms with Crippen molar-refractivity contribution in [2.75, 3.05) is 26.2 Å². The van der Waals surface area contributed by atoms with Crippen LogP contribution in [0.4, 0.5) is 0 Å². The Morgan fingerprint density at radius 2 is 2.19 bits per heavy atom. The van der Waals surface area contributed by atoms with Crippen molar-refractivity contribution in [1.82, 2.24) is 10.2 Å². The van der Waals surface area contributed by atoms with E-state index in [0.717, 1.165) is 26.1 Å². The minimum atomic E-state index is -0.210. The second-order valence-electron chi connectivity index (χ2n) is 4.91. The molecule has 0 aromatic carbocycles. The van der Waals surface area contributed by atoms with E-state index in [1.807, 2.05) is 0 Å². The SMILES string of the molecule is CCCNCC(O)CN1CCCCC1CC. The molecule has 2 atom stereocenters. The van der Waals surface area contributed by atoms with Crippen LogP contribution < -0.4 is 5.32 Å². The normalized spacial score (nSPS) is 24.6. The van der Waals surface area contributed by atoms with Gasteiger partial charge < -0.3 is 10.4 Å². The van der Waals surface area contributed by atoms with Gasteiger partial charge in [-0.25, -0.2) is 0 Å². The lowest BCUT2D eigenvalue weighted by atomic mass is 9.99. The molecule has 3 heteroatoms. The number of piperidine rings is 1. The number of likely N-dealkylation sites (tertiary alicyclic amines) is 1. The molecule has 0 radical (unpaired) electrons. The van der Waals surface area contributed by atoms with Gasteiger partial charge in [0.2, 0.25) is 0 Å². The summed E-state index contributed by atoms with van der Waals surface area (Å²) in [4.78, 5) is 2.47. The predicted molar refractivity (Wildman–Crippen MR) is 68.7 cm³/mol. The molecular formula is C13H28N2O. The van der Waals surface area contributed by atoms with E-state index in [1.54, 1.807) is 0 Å². The average Bonchev–Trinajstić information content (AvgIpc) is 2.30. The van der Waals surface area contributed by atoms with Gasteiger partial charge in [0.15, 0.2) is 0 Å². The Morgan fingerprint density at radius 1 is 1.38 bits per heavy atom. The van der Waals surface area contributed by atoms with E-state index in [-0.39, 0.29) is 6.10 Å². The first kappa shape index (κ1) is 13.9. The number of rotatable bonds is 7. The Hall–Kier alpha value is -0.120.